The normalized spacial score (nSPS) is 10.2. The quantitative estimate of drug-likeness (QED) is 0.881. The molecule has 0 saturated heterocycles. The monoisotopic (exact) mass is 292 g/mol. The summed E-state index contributed by atoms with van der Waals surface area (Å²) >= 11 is 6.01. The van der Waals surface area contributed by atoms with Crippen LogP contribution in [0.3, 0.4) is 0 Å². The molecule has 6 heteroatoms. The van der Waals surface area contributed by atoms with Crippen molar-refractivity contribution >= 4 is 28.9 Å². The molecule has 0 spiro atoms. The van der Waals surface area contributed by atoms with Crippen molar-refractivity contribution in [2.75, 3.05) is 24.3 Å². The molecule has 0 amide bonds. The first-order chi connectivity index (χ1) is 9.62. The zero-order valence-electron chi connectivity index (χ0n) is 11.7. The van der Waals surface area contributed by atoms with E-state index in [1.807, 2.05) is 26.0 Å². The lowest BCUT2D eigenvalue weighted by Gasteiger charge is -2.12. The van der Waals surface area contributed by atoms with Crippen LogP contribution in [0.15, 0.2) is 24.3 Å². The molecule has 2 rings (SSSR count). The van der Waals surface area contributed by atoms with Crippen molar-refractivity contribution in [1.29, 1.82) is 0 Å². The Morgan fingerprint density at radius 1 is 1.20 bits per heavy atom. The molecule has 0 aliphatic heterocycles. The lowest BCUT2D eigenvalue weighted by molar-refractivity contribution is 0.417. The molecule has 2 N–H and O–H groups in total. The molecule has 1 heterocycles. The van der Waals surface area contributed by atoms with Gasteiger partial charge in [0.2, 0.25) is 0 Å². The van der Waals surface area contributed by atoms with Crippen LogP contribution >= 0.6 is 11.6 Å². The Bertz CT molecular complexity index is 604. The van der Waals surface area contributed by atoms with Gasteiger partial charge in [0.15, 0.2) is 0 Å². The van der Waals surface area contributed by atoms with Gasteiger partial charge in [-0.2, -0.15) is 0 Å². The third kappa shape index (κ3) is 3.51. The summed E-state index contributed by atoms with van der Waals surface area (Å²) in [7, 11) is 1.61. The molecule has 0 aliphatic carbocycles. The molecule has 1 aromatic heterocycles. The molecule has 5 nitrogen and oxygen atoms in total. The molecule has 0 radical (unpaired) electrons. The zero-order valence-corrected chi connectivity index (χ0v) is 12.5. The molecule has 106 valence electrons. The molecule has 0 aliphatic rings. The highest BCUT2D eigenvalue weighted by atomic mass is 35.5. The highest BCUT2D eigenvalue weighted by molar-refractivity contribution is 6.31. The van der Waals surface area contributed by atoms with Crippen LogP contribution < -0.4 is 15.4 Å². The minimum Gasteiger partial charge on any atom is -0.495 e. The fourth-order valence-corrected chi connectivity index (χ4v) is 1.99. The second-order valence-electron chi connectivity index (χ2n) is 4.19. The van der Waals surface area contributed by atoms with Crippen LogP contribution in [0.5, 0.6) is 5.75 Å². The number of methoxy groups -OCH3 is 1. The van der Waals surface area contributed by atoms with E-state index in [9.17, 15) is 0 Å². The first-order valence-electron chi connectivity index (χ1n) is 6.32. The summed E-state index contributed by atoms with van der Waals surface area (Å²) in [6.07, 6.45) is 0. The minimum atomic E-state index is 0.631. The predicted molar refractivity (Wildman–Crippen MR) is 82.2 cm³/mol. The Kier molecular flexibility index (Phi) is 4.63. The predicted octanol–water partition coefficient (Wildman–Crippen LogP) is 3.62. The van der Waals surface area contributed by atoms with Crippen molar-refractivity contribution in [3.05, 3.63) is 35.1 Å². The number of aromatic nitrogens is 2. The summed E-state index contributed by atoms with van der Waals surface area (Å²) in [5.74, 6) is 2.86. The van der Waals surface area contributed by atoms with Gasteiger partial charge in [-0.3, -0.25) is 0 Å². The van der Waals surface area contributed by atoms with Crippen LogP contribution in [0.25, 0.3) is 0 Å². The van der Waals surface area contributed by atoms with E-state index in [1.165, 1.54) is 0 Å². The number of aryl methyl sites for hydroxylation is 1. The molecular weight excluding hydrogens is 276 g/mol. The summed E-state index contributed by atoms with van der Waals surface area (Å²) in [4.78, 5) is 8.66. The number of benzene rings is 1. The van der Waals surface area contributed by atoms with Crippen LogP contribution in [0, 0.1) is 6.92 Å². The number of rotatable bonds is 5. The first-order valence-corrected chi connectivity index (χ1v) is 6.70. The molecule has 0 unspecified atom stereocenters. The lowest BCUT2D eigenvalue weighted by atomic mass is 10.3. The highest BCUT2D eigenvalue weighted by Gasteiger charge is 2.07. The Balaban J connectivity index is 2.31. The summed E-state index contributed by atoms with van der Waals surface area (Å²) in [6, 6.07) is 7.23. The van der Waals surface area contributed by atoms with E-state index in [0.29, 0.717) is 22.4 Å². The lowest BCUT2D eigenvalue weighted by Crippen LogP contribution is -2.04. The minimum absolute atomic E-state index is 0.631. The van der Waals surface area contributed by atoms with Gasteiger partial charge >= 0.3 is 0 Å². The zero-order chi connectivity index (χ0) is 14.5. The van der Waals surface area contributed by atoms with Gasteiger partial charge in [-0.15, -0.1) is 0 Å². The standard InChI is InChI=1S/C14H17ClN4O/c1-4-16-13-8-14(18-9(2)17-13)19-11-7-10(15)5-6-12(11)20-3/h5-8H,4H2,1-3H3,(H2,16,17,18,19). The van der Waals surface area contributed by atoms with Crippen molar-refractivity contribution in [3.63, 3.8) is 0 Å². The van der Waals surface area contributed by atoms with E-state index in [-0.39, 0.29) is 0 Å². The molecule has 0 atom stereocenters. The van der Waals surface area contributed by atoms with Crippen LogP contribution in [0.4, 0.5) is 17.3 Å². The Labute approximate surface area is 123 Å². The molecule has 1 aromatic carbocycles. The third-order valence-corrected chi connectivity index (χ3v) is 2.86. The maximum Gasteiger partial charge on any atom is 0.142 e. The van der Waals surface area contributed by atoms with Crippen molar-refractivity contribution < 1.29 is 4.74 Å². The van der Waals surface area contributed by atoms with Crippen molar-refractivity contribution in [3.8, 4) is 5.75 Å². The van der Waals surface area contributed by atoms with Crippen LogP contribution in [-0.4, -0.2) is 23.6 Å². The molecule has 2 aromatic rings. The van der Waals surface area contributed by atoms with Gasteiger partial charge in [-0.25, -0.2) is 9.97 Å². The van der Waals surface area contributed by atoms with E-state index >= 15 is 0 Å². The van der Waals surface area contributed by atoms with E-state index in [4.69, 9.17) is 16.3 Å². The molecule has 20 heavy (non-hydrogen) atoms. The molecule has 0 bridgehead atoms. The SMILES string of the molecule is CCNc1cc(Nc2cc(Cl)ccc2OC)nc(C)n1. The number of hydrogen-bond donors (Lipinski definition) is 2. The topological polar surface area (TPSA) is 59.1 Å². The molecule has 0 saturated carbocycles. The van der Waals surface area contributed by atoms with Gasteiger partial charge in [-0.1, -0.05) is 11.6 Å². The van der Waals surface area contributed by atoms with Crippen LogP contribution in [-0.2, 0) is 0 Å². The highest BCUT2D eigenvalue weighted by Crippen LogP contribution is 2.30. The average molecular weight is 293 g/mol. The van der Waals surface area contributed by atoms with E-state index in [2.05, 4.69) is 20.6 Å². The summed E-state index contributed by atoms with van der Waals surface area (Å²) in [5, 5.41) is 7.00. The van der Waals surface area contributed by atoms with Gasteiger partial charge < -0.3 is 15.4 Å². The number of anilines is 3. The smallest absolute Gasteiger partial charge is 0.142 e. The first kappa shape index (κ1) is 14.4. The van der Waals surface area contributed by atoms with E-state index in [0.717, 1.165) is 18.1 Å². The summed E-state index contributed by atoms with van der Waals surface area (Å²) in [5.41, 5.74) is 0.764. The summed E-state index contributed by atoms with van der Waals surface area (Å²) < 4.78 is 5.30. The van der Waals surface area contributed by atoms with Crippen LogP contribution in [0.2, 0.25) is 5.02 Å². The molecular formula is C14H17ClN4O. The van der Waals surface area contributed by atoms with Gasteiger partial charge in [0.1, 0.15) is 23.2 Å². The van der Waals surface area contributed by atoms with Crippen molar-refractivity contribution in [1.82, 2.24) is 9.97 Å². The Morgan fingerprint density at radius 3 is 2.65 bits per heavy atom. The largest absolute Gasteiger partial charge is 0.495 e. The van der Waals surface area contributed by atoms with E-state index < -0.39 is 0 Å². The number of nitrogens with one attached hydrogen (secondary N) is 2. The second kappa shape index (κ2) is 6.43. The van der Waals surface area contributed by atoms with E-state index in [1.54, 1.807) is 19.2 Å². The van der Waals surface area contributed by atoms with Gasteiger partial charge in [0, 0.05) is 17.6 Å². The molecule has 0 fully saturated rings. The van der Waals surface area contributed by atoms with Gasteiger partial charge in [0.25, 0.3) is 0 Å². The van der Waals surface area contributed by atoms with Gasteiger partial charge in [-0.05, 0) is 32.0 Å². The number of hydrogen-bond acceptors (Lipinski definition) is 5. The number of halogens is 1. The van der Waals surface area contributed by atoms with Crippen molar-refractivity contribution in [2.24, 2.45) is 0 Å². The second-order valence-corrected chi connectivity index (χ2v) is 4.62. The number of nitrogens with zero attached hydrogens (tertiary/aromatic N) is 2. The number of ether oxygens (including phenoxy) is 1. The fraction of sp³-hybridized carbons (Fsp3) is 0.286. The maximum absolute atomic E-state index is 6.01. The average Bonchev–Trinajstić information content (AvgIpc) is 2.38. The Morgan fingerprint density at radius 2 is 1.95 bits per heavy atom. The van der Waals surface area contributed by atoms with Crippen molar-refractivity contribution in [2.45, 2.75) is 13.8 Å². The van der Waals surface area contributed by atoms with Gasteiger partial charge in [0.05, 0.1) is 12.8 Å². The third-order valence-electron chi connectivity index (χ3n) is 2.62. The Hall–Kier alpha value is -2.01. The maximum atomic E-state index is 6.01. The van der Waals surface area contributed by atoms with Crippen LogP contribution in [0.1, 0.15) is 12.7 Å². The summed E-state index contributed by atoms with van der Waals surface area (Å²) in [6.45, 7) is 4.67. The fourth-order valence-electron chi connectivity index (χ4n) is 1.82.